The lowest BCUT2D eigenvalue weighted by atomic mass is 10.3. The molecule has 1 saturated heterocycles. The molecule has 2 heterocycles. The van der Waals surface area contributed by atoms with Crippen LogP contribution >= 0.6 is 0 Å². The molecule has 0 aliphatic carbocycles. The first-order valence-electron chi connectivity index (χ1n) is 5.75. The van der Waals surface area contributed by atoms with Gasteiger partial charge in [-0.1, -0.05) is 6.08 Å². The number of piperazine rings is 1. The molecule has 0 bridgehead atoms. The van der Waals surface area contributed by atoms with Gasteiger partial charge in [0, 0.05) is 38.6 Å². The maximum absolute atomic E-state index is 11.6. The topological polar surface area (TPSA) is 49.3 Å². The molecule has 0 atom stereocenters. The molecule has 0 aromatic carbocycles. The summed E-state index contributed by atoms with van der Waals surface area (Å²) in [5, 5.41) is 0. The SMILES string of the molecule is C/C=C/C(=O)N1CCN(c2ncccn2)CC1. The molecule has 90 valence electrons. The van der Waals surface area contributed by atoms with Crippen molar-refractivity contribution in [2.75, 3.05) is 31.1 Å². The number of nitrogens with zero attached hydrogens (tertiary/aromatic N) is 4. The largest absolute Gasteiger partial charge is 0.337 e. The molecule has 1 aliphatic heterocycles. The number of anilines is 1. The van der Waals surface area contributed by atoms with E-state index in [0.29, 0.717) is 0 Å². The van der Waals surface area contributed by atoms with Gasteiger partial charge in [0.25, 0.3) is 0 Å². The predicted octanol–water partition coefficient (Wildman–Crippen LogP) is 0.701. The van der Waals surface area contributed by atoms with Gasteiger partial charge in [0.05, 0.1) is 0 Å². The zero-order chi connectivity index (χ0) is 12.1. The normalized spacial score (nSPS) is 16.5. The van der Waals surface area contributed by atoms with E-state index in [1.165, 1.54) is 0 Å². The fraction of sp³-hybridized carbons (Fsp3) is 0.417. The summed E-state index contributed by atoms with van der Waals surface area (Å²) < 4.78 is 0. The van der Waals surface area contributed by atoms with Crippen LogP contribution in [0, 0.1) is 0 Å². The van der Waals surface area contributed by atoms with Crippen molar-refractivity contribution in [2.45, 2.75) is 6.92 Å². The second-order valence-electron chi connectivity index (χ2n) is 3.86. The average Bonchev–Trinajstić information content (AvgIpc) is 2.40. The number of carbonyl (C=O) groups is 1. The van der Waals surface area contributed by atoms with E-state index in [1.807, 2.05) is 11.8 Å². The quantitative estimate of drug-likeness (QED) is 0.704. The highest BCUT2D eigenvalue weighted by Gasteiger charge is 2.20. The summed E-state index contributed by atoms with van der Waals surface area (Å²) in [7, 11) is 0. The van der Waals surface area contributed by atoms with Crippen molar-refractivity contribution in [3.05, 3.63) is 30.6 Å². The summed E-state index contributed by atoms with van der Waals surface area (Å²) in [6.45, 7) is 4.87. The zero-order valence-electron chi connectivity index (χ0n) is 9.91. The molecule has 5 nitrogen and oxygen atoms in total. The Balaban J connectivity index is 1.92. The third kappa shape index (κ3) is 2.81. The minimum Gasteiger partial charge on any atom is -0.337 e. The van der Waals surface area contributed by atoms with Crippen LogP contribution < -0.4 is 4.90 Å². The van der Waals surface area contributed by atoms with Crippen LogP contribution in [0.4, 0.5) is 5.95 Å². The van der Waals surface area contributed by atoms with Gasteiger partial charge in [0.1, 0.15) is 0 Å². The highest BCUT2D eigenvalue weighted by atomic mass is 16.2. The van der Waals surface area contributed by atoms with Crippen molar-refractivity contribution in [3.63, 3.8) is 0 Å². The zero-order valence-corrected chi connectivity index (χ0v) is 9.91. The third-order valence-electron chi connectivity index (χ3n) is 2.74. The van der Waals surface area contributed by atoms with Crippen LogP contribution in [0.15, 0.2) is 30.6 Å². The van der Waals surface area contributed by atoms with Crippen LogP contribution in [-0.2, 0) is 4.79 Å². The summed E-state index contributed by atoms with van der Waals surface area (Å²) in [5.41, 5.74) is 0. The van der Waals surface area contributed by atoms with Crippen LogP contribution in [0.25, 0.3) is 0 Å². The molecule has 5 heteroatoms. The van der Waals surface area contributed by atoms with E-state index < -0.39 is 0 Å². The maximum Gasteiger partial charge on any atom is 0.246 e. The lowest BCUT2D eigenvalue weighted by Gasteiger charge is -2.34. The van der Waals surface area contributed by atoms with E-state index in [9.17, 15) is 4.79 Å². The Morgan fingerprint density at radius 1 is 1.24 bits per heavy atom. The number of hydrogen-bond donors (Lipinski definition) is 0. The summed E-state index contributed by atoms with van der Waals surface area (Å²) in [4.78, 5) is 24.0. The monoisotopic (exact) mass is 232 g/mol. The molecule has 2 rings (SSSR count). The highest BCUT2D eigenvalue weighted by molar-refractivity contribution is 5.87. The number of carbonyl (C=O) groups excluding carboxylic acids is 1. The predicted molar refractivity (Wildman–Crippen MR) is 65.6 cm³/mol. The molecule has 1 aromatic rings. The first-order chi connectivity index (χ1) is 8.31. The van der Waals surface area contributed by atoms with E-state index >= 15 is 0 Å². The molecule has 1 fully saturated rings. The molecule has 1 amide bonds. The molecular weight excluding hydrogens is 216 g/mol. The van der Waals surface area contributed by atoms with Gasteiger partial charge in [-0.15, -0.1) is 0 Å². The van der Waals surface area contributed by atoms with E-state index in [0.717, 1.165) is 32.1 Å². The van der Waals surface area contributed by atoms with Crippen molar-refractivity contribution in [3.8, 4) is 0 Å². The average molecular weight is 232 g/mol. The molecule has 0 N–H and O–H groups in total. The molecule has 0 spiro atoms. The van der Waals surface area contributed by atoms with E-state index in [-0.39, 0.29) is 5.91 Å². The Labute approximate surface area is 101 Å². The van der Waals surface area contributed by atoms with Crippen molar-refractivity contribution in [1.82, 2.24) is 14.9 Å². The van der Waals surface area contributed by atoms with Gasteiger partial charge in [-0.3, -0.25) is 4.79 Å². The van der Waals surface area contributed by atoms with Gasteiger partial charge in [-0.25, -0.2) is 9.97 Å². The summed E-state index contributed by atoms with van der Waals surface area (Å²) in [5.74, 6) is 0.826. The lowest BCUT2D eigenvalue weighted by molar-refractivity contribution is -0.126. The van der Waals surface area contributed by atoms with Crippen LogP contribution in [0.5, 0.6) is 0 Å². The van der Waals surface area contributed by atoms with Crippen molar-refractivity contribution in [1.29, 1.82) is 0 Å². The number of aromatic nitrogens is 2. The van der Waals surface area contributed by atoms with Crippen molar-refractivity contribution in [2.24, 2.45) is 0 Å². The lowest BCUT2D eigenvalue weighted by Crippen LogP contribution is -2.48. The van der Waals surface area contributed by atoms with Crippen LogP contribution in [0.2, 0.25) is 0 Å². The molecule has 17 heavy (non-hydrogen) atoms. The number of rotatable bonds is 2. The Morgan fingerprint density at radius 3 is 2.47 bits per heavy atom. The first kappa shape index (κ1) is 11.6. The standard InChI is InChI=1S/C12H16N4O/c1-2-4-11(17)15-7-9-16(10-8-15)12-13-5-3-6-14-12/h2-6H,7-10H2,1H3/b4-2+. The summed E-state index contributed by atoms with van der Waals surface area (Å²) in [6, 6.07) is 1.80. The van der Waals surface area contributed by atoms with Gasteiger partial charge in [-0.05, 0) is 19.1 Å². The van der Waals surface area contributed by atoms with Gasteiger partial charge in [0.2, 0.25) is 11.9 Å². The fourth-order valence-corrected chi connectivity index (χ4v) is 1.83. The Hall–Kier alpha value is -1.91. The maximum atomic E-state index is 11.6. The smallest absolute Gasteiger partial charge is 0.246 e. The van der Waals surface area contributed by atoms with E-state index in [1.54, 1.807) is 30.6 Å². The van der Waals surface area contributed by atoms with Crippen LogP contribution in [0.3, 0.4) is 0 Å². The first-order valence-corrected chi connectivity index (χ1v) is 5.75. The minimum absolute atomic E-state index is 0.0844. The summed E-state index contributed by atoms with van der Waals surface area (Å²) >= 11 is 0. The van der Waals surface area contributed by atoms with Gasteiger partial charge >= 0.3 is 0 Å². The van der Waals surface area contributed by atoms with Gasteiger partial charge < -0.3 is 9.80 Å². The molecule has 1 aliphatic rings. The molecule has 1 aromatic heterocycles. The number of allylic oxidation sites excluding steroid dienone is 1. The van der Waals surface area contributed by atoms with Crippen molar-refractivity contribution >= 4 is 11.9 Å². The Bertz CT molecular complexity index is 396. The Kier molecular flexibility index (Phi) is 3.69. The molecule has 0 unspecified atom stereocenters. The molecule has 0 radical (unpaired) electrons. The van der Waals surface area contributed by atoms with Crippen LogP contribution in [-0.4, -0.2) is 47.0 Å². The third-order valence-corrected chi connectivity index (χ3v) is 2.74. The molecule has 0 saturated carbocycles. The molecular formula is C12H16N4O. The van der Waals surface area contributed by atoms with Gasteiger partial charge in [-0.2, -0.15) is 0 Å². The number of hydrogen-bond acceptors (Lipinski definition) is 4. The second-order valence-corrected chi connectivity index (χ2v) is 3.86. The van der Waals surface area contributed by atoms with Crippen molar-refractivity contribution < 1.29 is 4.79 Å². The Morgan fingerprint density at radius 2 is 1.88 bits per heavy atom. The minimum atomic E-state index is 0.0844. The van der Waals surface area contributed by atoms with E-state index in [4.69, 9.17) is 0 Å². The van der Waals surface area contributed by atoms with E-state index in [2.05, 4.69) is 14.9 Å². The fourth-order valence-electron chi connectivity index (χ4n) is 1.83. The summed E-state index contributed by atoms with van der Waals surface area (Å²) in [6.07, 6.45) is 6.85. The highest BCUT2D eigenvalue weighted by Crippen LogP contribution is 2.09. The van der Waals surface area contributed by atoms with Gasteiger partial charge in [0.15, 0.2) is 0 Å². The van der Waals surface area contributed by atoms with Crippen LogP contribution in [0.1, 0.15) is 6.92 Å². The number of amides is 1. The second kappa shape index (κ2) is 5.43.